The van der Waals surface area contributed by atoms with Gasteiger partial charge in [0, 0.05) is 5.92 Å². The van der Waals surface area contributed by atoms with Gasteiger partial charge in [0.25, 0.3) is 0 Å². The Morgan fingerprint density at radius 2 is 1.82 bits per heavy atom. The van der Waals surface area contributed by atoms with Gasteiger partial charge in [0.1, 0.15) is 5.78 Å². The molecule has 0 aromatic carbocycles. The van der Waals surface area contributed by atoms with E-state index in [-0.39, 0.29) is 5.41 Å². The number of carbonyl (C=O) groups excluding carboxylic acids is 1. The number of carbonyl (C=O) groups is 1. The summed E-state index contributed by atoms with van der Waals surface area (Å²) in [5, 5.41) is 0. The van der Waals surface area contributed by atoms with Gasteiger partial charge in [-0.05, 0) is 50.1 Å². The molecule has 1 heterocycles. The first-order valence-electron chi connectivity index (χ1n) is 7.27. The largest absolute Gasteiger partial charge is 0.298 e. The highest BCUT2D eigenvalue weighted by molar-refractivity contribution is 5.84. The van der Waals surface area contributed by atoms with Crippen LogP contribution in [0.25, 0.3) is 0 Å². The van der Waals surface area contributed by atoms with Crippen LogP contribution in [0.5, 0.6) is 0 Å². The van der Waals surface area contributed by atoms with Crippen LogP contribution in [-0.4, -0.2) is 30.3 Å². The molecule has 98 valence electrons. The van der Waals surface area contributed by atoms with Crippen LogP contribution in [0.1, 0.15) is 52.9 Å². The highest BCUT2D eigenvalue weighted by Gasteiger charge is 2.44. The van der Waals surface area contributed by atoms with E-state index in [0.29, 0.717) is 24.2 Å². The van der Waals surface area contributed by atoms with Crippen LogP contribution < -0.4 is 0 Å². The number of nitrogens with zero attached hydrogens (tertiary/aromatic N) is 1. The number of hydrogen-bond donors (Lipinski definition) is 0. The number of Topliss-reactive ketones (excluding diaryl/α,β-unsaturated/α-hetero) is 1. The van der Waals surface area contributed by atoms with Gasteiger partial charge in [-0.3, -0.25) is 9.69 Å². The van der Waals surface area contributed by atoms with Gasteiger partial charge in [-0.1, -0.05) is 27.2 Å². The van der Waals surface area contributed by atoms with Gasteiger partial charge in [0.05, 0.1) is 6.54 Å². The predicted molar refractivity (Wildman–Crippen MR) is 71.0 cm³/mol. The van der Waals surface area contributed by atoms with Crippen molar-refractivity contribution in [1.29, 1.82) is 0 Å². The Bertz CT molecular complexity index is 279. The molecule has 0 amide bonds. The van der Waals surface area contributed by atoms with E-state index in [9.17, 15) is 4.79 Å². The van der Waals surface area contributed by atoms with E-state index >= 15 is 0 Å². The monoisotopic (exact) mass is 237 g/mol. The van der Waals surface area contributed by atoms with Crippen LogP contribution in [-0.2, 0) is 4.79 Å². The first kappa shape index (κ1) is 13.1. The summed E-state index contributed by atoms with van der Waals surface area (Å²) in [4.78, 5) is 14.8. The number of piperidine rings is 1. The van der Waals surface area contributed by atoms with Gasteiger partial charge in [-0.15, -0.1) is 0 Å². The van der Waals surface area contributed by atoms with E-state index in [2.05, 4.69) is 25.7 Å². The second-order valence-electron chi connectivity index (χ2n) is 6.66. The fourth-order valence-corrected chi connectivity index (χ4v) is 3.53. The zero-order valence-electron chi connectivity index (χ0n) is 11.7. The van der Waals surface area contributed by atoms with Crippen molar-refractivity contribution in [3.05, 3.63) is 0 Å². The zero-order valence-corrected chi connectivity index (χ0v) is 11.7. The highest BCUT2D eigenvalue weighted by Crippen LogP contribution is 2.47. The molecule has 1 aliphatic carbocycles. The van der Waals surface area contributed by atoms with Gasteiger partial charge in [-0.2, -0.15) is 0 Å². The Morgan fingerprint density at radius 3 is 2.35 bits per heavy atom. The highest BCUT2D eigenvalue weighted by atomic mass is 16.1. The molecule has 0 radical (unpaired) electrons. The fraction of sp³-hybridized carbons (Fsp3) is 0.933. The third-order valence-corrected chi connectivity index (χ3v) is 5.27. The number of rotatable bonds is 3. The van der Waals surface area contributed by atoms with Crippen molar-refractivity contribution >= 4 is 5.78 Å². The molecule has 2 heteroatoms. The first-order chi connectivity index (χ1) is 8.01. The molecule has 0 aromatic heterocycles. The van der Waals surface area contributed by atoms with Crippen molar-refractivity contribution in [2.24, 2.45) is 17.3 Å². The van der Waals surface area contributed by atoms with E-state index in [0.717, 1.165) is 19.5 Å². The molecule has 2 atom stereocenters. The molecule has 2 unspecified atom stereocenters. The molecule has 0 N–H and O–H groups in total. The minimum atomic E-state index is 0.215. The van der Waals surface area contributed by atoms with Crippen molar-refractivity contribution in [3.63, 3.8) is 0 Å². The first-order valence-corrected chi connectivity index (χ1v) is 7.27. The Morgan fingerprint density at radius 1 is 1.18 bits per heavy atom. The summed E-state index contributed by atoms with van der Waals surface area (Å²) in [6.07, 6.45) is 6.23. The van der Waals surface area contributed by atoms with Crippen LogP contribution >= 0.6 is 0 Å². The lowest BCUT2D eigenvalue weighted by Gasteiger charge is -2.33. The normalized spacial score (nSPS) is 33.8. The lowest BCUT2D eigenvalue weighted by Crippen LogP contribution is -2.40. The van der Waals surface area contributed by atoms with E-state index in [4.69, 9.17) is 0 Å². The van der Waals surface area contributed by atoms with Crippen molar-refractivity contribution in [2.45, 2.75) is 52.9 Å². The average Bonchev–Trinajstić information content (AvgIpc) is 2.55. The van der Waals surface area contributed by atoms with Crippen LogP contribution in [0, 0.1) is 17.3 Å². The molecular formula is C15H27NO. The van der Waals surface area contributed by atoms with Gasteiger partial charge in [0.2, 0.25) is 0 Å². The van der Waals surface area contributed by atoms with E-state index in [1.54, 1.807) is 0 Å². The molecule has 1 saturated carbocycles. The third kappa shape index (κ3) is 2.73. The molecule has 0 aromatic rings. The minimum Gasteiger partial charge on any atom is -0.298 e. The SMILES string of the molecule is CC1CCC(C(=O)CN2CCCCC2)C1(C)C. The quantitative estimate of drug-likeness (QED) is 0.751. The summed E-state index contributed by atoms with van der Waals surface area (Å²) < 4.78 is 0. The maximum Gasteiger partial charge on any atom is 0.150 e. The summed E-state index contributed by atoms with van der Waals surface area (Å²) in [7, 11) is 0. The maximum atomic E-state index is 12.4. The zero-order chi connectivity index (χ0) is 12.5. The molecule has 2 fully saturated rings. The van der Waals surface area contributed by atoms with Crippen molar-refractivity contribution < 1.29 is 4.79 Å². The molecule has 2 nitrogen and oxygen atoms in total. The lowest BCUT2D eigenvalue weighted by molar-refractivity contribution is -0.127. The molecule has 0 bridgehead atoms. The topological polar surface area (TPSA) is 20.3 Å². The van der Waals surface area contributed by atoms with Crippen molar-refractivity contribution in [1.82, 2.24) is 4.90 Å². The van der Waals surface area contributed by atoms with Gasteiger partial charge in [0.15, 0.2) is 0 Å². The Hall–Kier alpha value is -0.370. The van der Waals surface area contributed by atoms with Crippen molar-refractivity contribution in [3.8, 4) is 0 Å². The Kier molecular flexibility index (Phi) is 3.92. The molecule has 17 heavy (non-hydrogen) atoms. The van der Waals surface area contributed by atoms with Gasteiger partial charge in [-0.25, -0.2) is 0 Å². The fourth-order valence-electron chi connectivity index (χ4n) is 3.53. The smallest absolute Gasteiger partial charge is 0.150 e. The number of ketones is 1. The summed E-state index contributed by atoms with van der Waals surface area (Å²) in [6.45, 7) is 9.84. The standard InChI is InChI=1S/C15H27NO/c1-12-7-8-13(15(12,2)3)14(17)11-16-9-5-4-6-10-16/h12-13H,4-11H2,1-3H3. The minimum absolute atomic E-state index is 0.215. The molecule has 1 aliphatic heterocycles. The van der Waals surface area contributed by atoms with Crippen LogP contribution in [0.15, 0.2) is 0 Å². The van der Waals surface area contributed by atoms with Crippen LogP contribution in [0.3, 0.4) is 0 Å². The number of hydrogen-bond acceptors (Lipinski definition) is 2. The molecular weight excluding hydrogens is 210 g/mol. The average molecular weight is 237 g/mol. The van der Waals surface area contributed by atoms with E-state index < -0.39 is 0 Å². The van der Waals surface area contributed by atoms with E-state index in [1.807, 2.05) is 0 Å². The predicted octanol–water partition coefficient (Wildman–Crippen LogP) is 3.11. The van der Waals surface area contributed by atoms with Crippen LogP contribution in [0.4, 0.5) is 0 Å². The maximum absolute atomic E-state index is 12.4. The summed E-state index contributed by atoms with van der Waals surface area (Å²) >= 11 is 0. The number of likely N-dealkylation sites (tertiary alicyclic amines) is 1. The second kappa shape index (κ2) is 5.09. The molecule has 2 aliphatic rings. The van der Waals surface area contributed by atoms with Gasteiger partial charge >= 0.3 is 0 Å². The second-order valence-corrected chi connectivity index (χ2v) is 6.66. The van der Waals surface area contributed by atoms with E-state index in [1.165, 1.54) is 25.7 Å². The summed E-state index contributed by atoms with van der Waals surface area (Å²) in [5.41, 5.74) is 0.215. The van der Waals surface area contributed by atoms with Crippen LogP contribution in [0.2, 0.25) is 0 Å². The summed E-state index contributed by atoms with van der Waals surface area (Å²) in [5.74, 6) is 1.50. The Labute approximate surface area is 106 Å². The third-order valence-electron chi connectivity index (χ3n) is 5.27. The molecule has 0 spiro atoms. The van der Waals surface area contributed by atoms with Crippen molar-refractivity contribution in [2.75, 3.05) is 19.6 Å². The van der Waals surface area contributed by atoms with Gasteiger partial charge < -0.3 is 0 Å². The summed E-state index contributed by atoms with van der Waals surface area (Å²) in [6, 6.07) is 0. The lowest BCUT2D eigenvalue weighted by atomic mass is 9.74. The Balaban J connectivity index is 1.91. The molecule has 2 rings (SSSR count). The molecule has 1 saturated heterocycles.